The first-order chi connectivity index (χ1) is 14.6. The van der Waals surface area contributed by atoms with E-state index in [9.17, 15) is 14.4 Å². The Morgan fingerprint density at radius 2 is 1.83 bits per heavy atom. The average Bonchev–Trinajstić information content (AvgIpc) is 3.03. The number of fused-ring (bicyclic) bond motifs is 2. The van der Waals surface area contributed by atoms with E-state index in [2.05, 4.69) is 0 Å². The molecule has 0 N–H and O–H groups in total. The normalized spacial score (nSPS) is 16.3. The average molecular weight is 425 g/mol. The number of rotatable bonds is 6. The zero-order valence-electron chi connectivity index (χ0n) is 17.1. The number of thioether (sulfide) groups is 1. The summed E-state index contributed by atoms with van der Waals surface area (Å²) in [6.45, 7) is 0.567. The predicted octanol–water partition coefficient (Wildman–Crippen LogP) is 3.39. The lowest BCUT2D eigenvalue weighted by atomic mass is 9.99. The Kier molecular flexibility index (Phi) is 5.81. The third-order valence-corrected chi connectivity index (χ3v) is 6.33. The molecule has 7 heteroatoms. The van der Waals surface area contributed by atoms with Crippen LogP contribution in [0.4, 0.5) is 5.69 Å². The zero-order valence-corrected chi connectivity index (χ0v) is 17.9. The molecule has 0 radical (unpaired) electrons. The summed E-state index contributed by atoms with van der Waals surface area (Å²) in [6.07, 6.45) is 4.06. The minimum atomic E-state index is -0.821. The van der Waals surface area contributed by atoms with Gasteiger partial charge in [-0.3, -0.25) is 19.3 Å². The number of amides is 3. The maximum absolute atomic E-state index is 13.7. The third-order valence-electron chi connectivity index (χ3n) is 5.69. The van der Waals surface area contributed by atoms with Crippen molar-refractivity contribution < 1.29 is 19.1 Å². The summed E-state index contributed by atoms with van der Waals surface area (Å²) >= 11 is 1.59. The number of carbonyl (C=O) groups excluding carboxylic acids is 3. The van der Waals surface area contributed by atoms with Crippen molar-refractivity contribution in [1.82, 2.24) is 4.90 Å². The summed E-state index contributed by atoms with van der Waals surface area (Å²) in [7, 11) is 1.62. The molecule has 2 heterocycles. The first-order valence-corrected chi connectivity index (χ1v) is 11.4. The standard InChI is InChI=1S/C23H24N2O4S/c1-29-16-9-10-19-15(14-16)6-5-12-24(19)23(28)20(11-13-30-2)25-21(26)17-7-3-4-8-18(17)22(25)27/h3-4,7-10,14,20H,5-6,11-13H2,1-2H3/t20-/m1/s1. The van der Waals surface area contributed by atoms with E-state index in [0.29, 0.717) is 29.8 Å². The SMILES string of the molecule is COc1ccc2c(c1)CCCN2C(=O)[C@@H](CCSC)N1C(=O)c2ccccc2C1=O. The van der Waals surface area contributed by atoms with E-state index < -0.39 is 6.04 Å². The summed E-state index contributed by atoms with van der Waals surface area (Å²) in [4.78, 5) is 42.7. The van der Waals surface area contributed by atoms with Crippen LogP contribution in [0.5, 0.6) is 5.75 Å². The van der Waals surface area contributed by atoms with Gasteiger partial charge in [-0.05, 0) is 67.2 Å². The van der Waals surface area contributed by atoms with Gasteiger partial charge >= 0.3 is 0 Å². The molecule has 1 atom stereocenters. The number of aryl methyl sites for hydroxylation is 1. The van der Waals surface area contributed by atoms with Crippen LogP contribution < -0.4 is 9.64 Å². The number of hydrogen-bond donors (Lipinski definition) is 0. The van der Waals surface area contributed by atoms with E-state index in [1.807, 2.05) is 24.5 Å². The first kappa shape index (κ1) is 20.5. The molecule has 2 aliphatic rings. The Morgan fingerprint density at radius 3 is 2.47 bits per heavy atom. The van der Waals surface area contributed by atoms with Crippen molar-refractivity contribution in [2.45, 2.75) is 25.3 Å². The van der Waals surface area contributed by atoms with Crippen molar-refractivity contribution in [1.29, 1.82) is 0 Å². The molecule has 0 saturated carbocycles. The van der Waals surface area contributed by atoms with Gasteiger partial charge in [-0.2, -0.15) is 11.8 Å². The number of carbonyl (C=O) groups is 3. The van der Waals surface area contributed by atoms with E-state index in [4.69, 9.17) is 4.74 Å². The van der Waals surface area contributed by atoms with Crippen molar-refractivity contribution in [2.75, 3.05) is 30.6 Å². The predicted molar refractivity (Wildman–Crippen MR) is 117 cm³/mol. The van der Waals surface area contributed by atoms with Crippen LogP contribution in [0.1, 0.15) is 39.1 Å². The second kappa shape index (κ2) is 8.52. The monoisotopic (exact) mass is 424 g/mol. The van der Waals surface area contributed by atoms with Crippen molar-refractivity contribution in [2.24, 2.45) is 0 Å². The summed E-state index contributed by atoms with van der Waals surface area (Å²) < 4.78 is 5.32. The maximum atomic E-state index is 13.7. The van der Waals surface area contributed by atoms with Crippen LogP contribution in [0.2, 0.25) is 0 Å². The summed E-state index contributed by atoms with van der Waals surface area (Å²) in [5.41, 5.74) is 2.61. The number of methoxy groups -OCH3 is 1. The van der Waals surface area contributed by atoms with E-state index in [-0.39, 0.29) is 17.7 Å². The molecule has 0 spiro atoms. The number of hydrogen-bond acceptors (Lipinski definition) is 5. The summed E-state index contributed by atoms with van der Waals surface area (Å²) in [5, 5.41) is 0. The van der Waals surface area contributed by atoms with Crippen LogP contribution in [0, 0.1) is 0 Å². The Balaban J connectivity index is 1.68. The fourth-order valence-corrected chi connectivity index (χ4v) is 4.65. The van der Waals surface area contributed by atoms with E-state index in [0.717, 1.165) is 29.8 Å². The lowest BCUT2D eigenvalue weighted by molar-refractivity contribution is -0.122. The molecule has 3 amide bonds. The van der Waals surface area contributed by atoms with Crippen LogP contribution >= 0.6 is 11.8 Å². The molecule has 2 aromatic carbocycles. The van der Waals surface area contributed by atoms with Crippen LogP contribution in [-0.2, 0) is 11.2 Å². The second-order valence-electron chi connectivity index (χ2n) is 7.41. The third kappa shape index (κ3) is 3.47. The lowest BCUT2D eigenvalue weighted by Crippen LogP contribution is -2.52. The molecule has 30 heavy (non-hydrogen) atoms. The van der Waals surface area contributed by atoms with Gasteiger partial charge in [0.15, 0.2) is 0 Å². The maximum Gasteiger partial charge on any atom is 0.262 e. The first-order valence-electron chi connectivity index (χ1n) is 10.0. The quantitative estimate of drug-likeness (QED) is 0.665. The van der Waals surface area contributed by atoms with Gasteiger partial charge in [0.2, 0.25) is 5.91 Å². The number of benzene rings is 2. The number of imide groups is 1. The highest BCUT2D eigenvalue weighted by Crippen LogP contribution is 2.33. The van der Waals surface area contributed by atoms with Crippen LogP contribution in [0.15, 0.2) is 42.5 Å². The Labute approximate surface area is 180 Å². The van der Waals surface area contributed by atoms with E-state index in [1.165, 1.54) is 4.90 Å². The zero-order chi connectivity index (χ0) is 21.3. The van der Waals surface area contributed by atoms with E-state index in [1.54, 1.807) is 48.0 Å². The van der Waals surface area contributed by atoms with E-state index >= 15 is 0 Å². The molecule has 2 aliphatic heterocycles. The van der Waals surface area contributed by atoms with Gasteiger partial charge in [-0.15, -0.1) is 0 Å². The van der Waals surface area contributed by atoms with Gasteiger partial charge in [-0.1, -0.05) is 12.1 Å². The van der Waals surface area contributed by atoms with Crippen molar-refractivity contribution >= 4 is 35.2 Å². The van der Waals surface area contributed by atoms with Crippen LogP contribution in [-0.4, -0.2) is 54.3 Å². The van der Waals surface area contributed by atoms with Gasteiger partial charge in [0.05, 0.1) is 18.2 Å². The highest BCUT2D eigenvalue weighted by Gasteiger charge is 2.44. The highest BCUT2D eigenvalue weighted by molar-refractivity contribution is 7.98. The molecule has 156 valence electrons. The molecule has 2 aromatic rings. The molecule has 0 bridgehead atoms. The largest absolute Gasteiger partial charge is 0.497 e. The second-order valence-corrected chi connectivity index (χ2v) is 8.40. The molecule has 6 nitrogen and oxygen atoms in total. The fraction of sp³-hybridized carbons (Fsp3) is 0.348. The Morgan fingerprint density at radius 1 is 1.13 bits per heavy atom. The Hall–Kier alpha value is -2.80. The van der Waals surface area contributed by atoms with Gasteiger partial charge in [0.25, 0.3) is 11.8 Å². The van der Waals surface area contributed by atoms with Gasteiger partial charge in [0, 0.05) is 12.2 Å². The van der Waals surface area contributed by atoms with Crippen LogP contribution in [0.3, 0.4) is 0 Å². The minimum absolute atomic E-state index is 0.204. The molecule has 0 saturated heterocycles. The smallest absolute Gasteiger partial charge is 0.262 e. The van der Waals surface area contributed by atoms with Gasteiger partial charge in [0.1, 0.15) is 11.8 Å². The number of nitrogens with zero attached hydrogens (tertiary/aromatic N) is 2. The van der Waals surface area contributed by atoms with Crippen molar-refractivity contribution in [3.63, 3.8) is 0 Å². The molecule has 0 fully saturated rings. The molecule has 0 unspecified atom stereocenters. The van der Waals surface area contributed by atoms with Crippen molar-refractivity contribution in [3.8, 4) is 5.75 Å². The lowest BCUT2D eigenvalue weighted by Gasteiger charge is -2.35. The minimum Gasteiger partial charge on any atom is -0.497 e. The highest BCUT2D eigenvalue weighted by atomic mass is 32.2. The summed E-state index contributed by atoms with van der Waals surface area (Å²) in [6, 6.07) is 11.6. The molecular weight excluding hydrogens is 400 g/mol. The molecule has 0 aliphatic carbocycles. The number of anilines is 1. The fourth-order valence-electron chi connectivity index (χ4n) is 4.19. The van der Waals surface area contributed by atoms with Gasteiger partial charge in [-0.25, -0.2) is 0 Å². The summed E-state index contributed by atoms with van der Waals surface area (Å²) in [5.74, 6) is 0.448. The Bertz CT molecular complexity index is 971. The molecule has 0 aromatic heterocycles. The number of ether oxygens (including phenoxy) is 1. The van der Waals surface area contributed by atoms with Crippen LogP contribution in [0.25, 0.3) is 0 Å². The molecule has 4 rings (SSSR count). The molecular formula is C23H24N2O4S. The topological polar surface area (TPSA) is 66.9 Å². The van der Waals surface area contributed by atoms with Gasteiger partial charge < -0.3 is 9.64 Å². The van der Waals surface area contributed by atoms with Crippen molar-refractivity contribution in [3.05, 3.63) is 59.2 Å².